The highest BCUT2D eigenvalue weighted by atomic mass is 35.5. The second-order valence-electron chi connectivity index (χ2n) is 7.15. The van der Waals surface area contributed by atoms with Gasteiger partial charge in [-0.1, -0.05) is 17.7 Å². The van der Waals surface area contributed by atoms with Crippen LogP contribution in [0.3, 0.4) is 0 Å². The van der Waals surface area contributed by atoms with Gasteiger partial charge in [-0.3, -0.25) is 20.4 Å². The summed E-state index contributed by atoms with van der Waals surface area (Å²) in [6, 6.07) is 10.7. The number of nitrogens with zero attached hydrogens (tertiary/aromatic N) is 1. The number of halogens is 1. The molecule has 1 aliphatic rings. The summed E-state index contributed by atoms with van der Waals surface area (Å²) < 4.78 is 37.7. The van der Waals surface area contributed by atoms with Crippen molar-refractivity contribution in [3.05, 3.63) is 53.1 Å². The fraction of sp³-hybridized carbons (Fsp3) is 0.333. The third kappa shape index (κ3) is 5.32. The van der Waals surface area contributed by atoms with Gasteiger partial charge in [0.05, 0.1) is 19.1 Å². The second-order valence-corrected chi connectivity index (χ2v) is 9.52. The molecule has 1 aliphatic heterocycles. The Balaban J connectivity index is 1.57. The van der Waals surface area contributed by atoms with Gasteiger partial charge in [-0.15, -0.1) is 0 Å². The van der Waals surface area contributed by atoms with Crippen molar-refractivity contribution in [1.29, 1.82) is 0 Å². The second kappa shape index (κ2) is 10.2. The molecule has 9 nitrogen and oxygen atoms in total. The molecular weight excluding hydrogens is 458 g/mol. The number of benzene rings is 2. The largest absolute Gasteiger partial charge is 0.493 e. The van der Waals surface area contributed by atoms with Crippen molar-refractivity contribution in [1.82, 2.24) is 15.2 Å². The Morgan fingerprint density at radius 1 is 1.00 bits per heavy atom. The number of nitrogens with one attached hydrogen (secondary N) is 2. The number of methoxy groups -OCH3 is 2. The number of ether oxygens (including phenoxy) is 2. The third-order valence-electron chi connectivity index (χ3n) is 5.20. The molecule has 2 aromatic rings. The van der Waals surface area contributed by atoms with Crippen LogP contribution in [0.15, 0.2) is 47.4 Å². The molecule has 0 unspecified atom stereocenters. The lowest BCUT2D eigenvalue weighted by Crippen LogP contribution is -2.48. The molecule has 3 rings (SSSR count). The van der Waals surface area contributed by atoms with E-state index in [0.29, 0.717) is 34.9 Å². The summed E-state index contributed by atoms with van der Waals surface area (Å²) >= 11 is 5.87. The Labute approximate surface area is 191 Å². The number of rotatable bonds is 6. The summed E-state index contributed by atoms with van der Waals surface area (Å²) in [5, 5.41) is 0.409. The van der Waals surface area contributed by atoms with Gasteiger partial charge in [0.1, 0.15) is 0 Å². The Kier molecular flexibility index (Phi) is 7.60. The highest BCUT2D eigenvalue weighted by Gasteiger charge is 2.32. The van der Waals surface area contributed by atoms with Crippen molar-refractivity contribution in [3.8, 4) is 11.5 Å². The van der Waals surface area contributed by atoms with Crippen molar-refractivity contribution >= 4 is 33.4 Å². The van der Waals surface area contributed by atoms with E-state index in [2.05, 4.69) is 10.9 Å². The monoisotopic (exact) mass is 481 g/mol. The smallest absolute Gasteiger partial charge is 0.269 e. The van der Waals surface area contributed by atoms with Crippen molar-refractivity contribution < 1.29 is 27.5 Å². The fourth-order valence-corrected chi connectivity index (χ4v) is 5.08. The molecule has 2 amide bonds. The highest BCUT2D eigenvalue weighted by Crippen LogP contribution is 2.32. The molecule has 0 bridgehead atoms. The molecule has 0 aromatic heterocycles. The van der Waals surface area contributed by atoms with Crippen molar-refractivity contribution in [3.63, 3.8) is 0 Å². The molecule has 1 fully saturated rings. The topological polar surface area (TPSA) is 114 Å². The van der Waals surface area contributed by atoms with Crippen molar-refractivity contribution in [2.24, 2.45) is 5.92 Å². The number of sulfonamides is 1. The maximum Gasteiger partial charge on any atom is 0.269 e. The van der Waals surface area contributed by atoms with Crippen LogP contribution in [0.25, 0.3) is 0 Å². The lowest BCUT2D eigenvalue weighted by atomic mass is 9.98. The zero-order chi connectivity index (χ0) is 23.3. The molecule has 0 aliphatic carbocycles. The average molecular weight is 482 g/mol. The maximum atomic E-state index is 13.0. The summed E-state index contributed by atoms with van der Waals surface area (Å²) in [5.41, 5.74) is 5.08. The number of carbonyl (C=O) groups excluding carboxylic acids is 2. The van der Waals surface area contributed by atoms with E-state index in [-0.39, 0.29) is 23.9 Å². The van der Waals surface area contributed by atoms with Crippen LogP contribution in [0.2, 0.25) is 5.02 Å². The van der Waals surface area contributed by atoms with Crippen LogP contribution in [-0.2, 0) is 14.8 Å². The molecule has 1 saturated heterocycles. The van der Waals surface area contributed by atoms with E-state index in [0.717, 1.165) is 0 Å². The minimum atomic E-state index is -3.75. The van der Waals surface area contributed by atoms with Gasteiger partial charge < -0.3 is 9.47 Å². The molecule has 11 heteroatoms. The molecule has 32 heavy (non-hydrogen) atoms. The standard InChI is InChI=1S/C21H24ClN3O6S/c1-30-18-7-6-17(13-19(18)31-2)32(28,29)25-10-8-14(9-11-25)20(26)23-24-21(27)15-4-3-5-16(22)12-15/h3-7,12-14H,8-11H2,1-2H3,(H,23,26)(H,24,27). The number of amides is 2. The summed E-state index contributed by atoms with van der Waals surface area (Å²) in [6.07, 6.45) is 0.650. The molecule has 0 spiro atoms. The van der Waals surface area contributed by atoms with E-state index >= 15 is 0 Å². The molecule has 2 aromatic carbocycles. The minimum Gasteiger partial charge on any atom is -0.493 e. The summed E-state index contributed by atoms with van der Waals surface area (Å²) in [5.74, 6) is -0.538. The first-order valence-electron chi connectivity index (χ1n) is 9.84. The predicted molar refractivity (Wildman–Crippen MR) is 118 cm³/mol. The number of hydrogen-bond acceptors (Lipinski definition) is 6. The lowest BCUT2D eigenvalue weighted by molar-refractivity contribution is -0.126. The molecule has 2 N–H and O–H groups in total. The van der Waals surface area contributed by atoms with Crippen LogP contribution in [0.1, 0.15) is 23.2 Å². The van der Waals surface area contributed by atoms with Gasteiger partial charge >= 0.3 is 0 Å². The van der Waals surface area contributed by atoms with E-state index in [9.17, 15) is 18.0 Å². The Bertz CT molecular complexity index is 1100. The van der Waals surface area contributed by atoms with Crippen LogP contribution in [0, 0.1) is 5.92 Å². The Morgan fingerprint density at radius 2 is 1.69 bits per heavy atom. The number of hydrazine groups is 1. The molecule has 1 heterocycles. The zero-order valence-corrected chi connectivity index (χ0v) is 19.2. The number of hydrogen-bond donors (Lipinski definition) is 2. The molecular formula is C21H24ClN3O6S. The van der Waals surface area contributed by atoms with Gasteiger partial charge in [-0.25, -0.2) is 8.42 Å². The Morgan fingerprint density at radius 3 is 2.31 bits per heavy atom. The van der Waals surface area contributed by atoms with E-state index in [4.69, 9.17) is 21.1 Å². The summed E-state index contributed by atoms with van der Waals surface area (Å²) in [6.45, 7) is 0.355. The first kappa shape index (κ1) is 23.8. The highest BCUT2D eigenvalue weighted by molar-refractivity contribution is 7.89. The van der Waals surface area contributed by atoms with Crippen molar-refractivity contribution in [2.75, 3.05) is 27.3 Å². The van der Waals surface area contributed by atoms with Gasteiger partial charge in [0, 0.05) is 35.7 Å². The average Bonchev–Trinajstić information content (AvgIpc) is 2.81. The quantitative estimate of drug-likeness (QED) is 0.611. The fourth-order valence-electron chi connectivity index (χ4n) is 3.41. The third-order valence-corrected chi connectivity index (χ3v) is 7.33. The summed E-state index contributed by atoms with van der Waals surface area (Å²) in [7, 11) is -0.845. The summed E-state index contributed by atoms with van der Waals surface area (Å²) in [4.78, 5) is 24.7. The van der Waals surface area contributed by atoms with Gasteiger partial charge in [-0.2, -0.15) is 4.31 Å². The van der Waals surface area contributed by atoms with Crippen LogP contribution >= 0.6 is 11.6 Å². The van der Waals surface area contributed by atoms with E-state index in [1.807, 2.05) is 0 Å². The Hall–Kier alpha value is -2.82. The van der Waals surface area contributed by atoms with Crippen LogP contribution in [-0.4, -0.2) is 51.8 Å². The predicted octanol–water partition coefficient (Wildman–Crippen LogP) is 2.22. The number of carbonyl (C=O) groups is 2. The van der Waals surface area contributed by atoms with Crippen LogP contribution in [0.4, 0.5) is 0 Å². The molecule has 172 valence electrons. The van der Waals surface area contributed by atoms with Gasteiger partial charge in [0.2, 0.25) is 15.9 Å². The first-order valence-corrected chi connectivity index (χ1v) is 11.7. The van der Waals surface area contributed by atoms with E-state index < -0.39 is 21.8 Å². The minimum absolute atomic E-state index is 0.0897. The maximum absolute atomic E-state index is 13.0. The van der Waals surface area contributed by atoms with E-state index in [1.54, 1.807) is 18.2 Å². The van der Waals surface area contributed by atoms with E-state index in [1.165, 1.54) is 42.8 Å². The molecule has 0 saturated carbocycles. The molecule has 0 radical (unpaired) electrons. The van der Waals surface area contributed by atoms with Crippen molar-refractivity contribution in [2.45, 2.75) is 17.7 Å². The van der Waals surface area contributed by atoms with Gasteiger partial charge in [-0.05, 0) is 43.2 Å². The number of piperidine rings is 1. The van der Waals surface area contributed by atoms with Crippen LogP contribution < -0.4 is 20.3 Å². The van der Waals surface area contributed by atoms with Crippen LogP contribution in [0.5, 0.6) is 11.5 Å². The zero-order valence-electron chi connectivity index (χ0n) is 17.6. The SMILES string of the molecule is COc1ccc(S(=O)(=O)N2CCC(C(=O)NNC(=O)c3cccc(Cl)c3)CC2)cc1OC. The lowest BCUT2D eigenvalue weighted by Gasteiger charge is -2.30. The van der Waals surface area contributed by atoms with Gasteiger partial charge in [0.25, 0.3) is 5.91 Å². The molecule has 0 atom stereocenters. The van der Waals surface area contributed by atoms with Gasteiger partial charge in [0.15, 0.2) is 11.5 Å². The normalized spacial score (nSPS) is 15.1. The first-order chi connectivity index (χ1) is 15.3.